The minimum atomic E-state index is -0.365. The first-order valence-electron chi connectivity index (χ1n) is 8.11. The number of rotatable bonds is 2. The monoisotopic (exact) mass is 322 g/mol. The summed E-state index contributed by atoms with van der Waals surface area (Å²) in [6.45, 7) is 7.70. The molecule has 0 saturated carbocycles. The van der Waals surface area contributed by atoms with Crippen LogP contribution in [0.2, 0.25) is 0 Å². The minimum Gasteiger partial charge on any atom is -0.391 e. The lowest BCUT2D eigenvalue weighted by Gasteiger charge is -2.47. The first-order valence-corrected chi connectivity index (χ1v) is 8.93. The van der Waals surface area contributed by atoms with Gasteiger partial charge in [-0.2, -0.15) is 0 Å². The molecular formula is C17H26N2O2S. The Balaban J connectivity index is 1.64. The number of piperidine rings is 2. The van der Waals surface area contributed by atoms with Gasteiger partial charge in [0.25, 0.3) is 0 Å². The summed E-state index contributed by atoms with van der Waals surface area (Å²) in [5.74, 6) is 0.236. The Bertz CT molecular complexity index is 561. The van der Waals surface area contributed by atoms with Crippen LogP contribution in [0, 0.1) is 19.3 Å². The van der Waals surface area contributed by atoms with E-state index in [1.165, 1.54) is 15.3 Å². The lowest BCUT2D eigenvalue weighted by Crippen LogP contribution is -2.56. The SMILES string of the molecule is Cc1cc(CN2CCC3(CC2)CC(O)CN(C)C3=O)c(C)s1. The van der Waals surface area contributed by atoms with Crippen LogP contribution in [0.4, 0.5) is 0 Å². The Labute approximate surface area is 136 Å². The molecule has 2 aliphatic rings. The van der Waals surface area contributed by atoms with Gasteiger partial charge < -0.3 is 10.0 Å². The zero-order chi connectivity index (χ0) is 15.9. The second-order valence-corrected chi connectivity index (χ2v) is 8.50. The third kappa shape index (κ3) is 2.94. The zero-order valence-electron chi connectivity index (χ0n) is 13.8. The number of likely N-dealkylation sites (N-methyl/N-ethyl adjacent to an activating group) is 1. The van der Waals surface area contributed by atoms with Crippen molar-refractivity contribution in [3.63, 3.8) is 0 Å². The maximum atomic E-state index is 12.6. The molecule has 0 radical (unpaired) electrons. The van der Waals surface area contributed by atoms with E-state index in [2.05, 4.69) is 24.8 Å². The highest BCUT2D eigenvalue weighted by atomic mass is 32.1. The van der Waals surface area contributed by atoms with E-state index < -0.39 is 0 Å². The fraction of sp³-hybridized carbons (Fsp3) is 0.706. The maximum absolute atomic E-state index is 12.6. The van der Waals surface area contributed by atoms with Crippen molar-refractivity contribution in [2.24, 2.45) is 5.41 Å². The van der Waals surface area contributed by atoms with Gasteiger partial charge in [0.15, 0.2) is 0 Å². The Kier molecular flexibility index (Phi) is 4.32. The van der Waals surface area contributed by atoms with Crippen molar-refractivity contribution in [2.45, 2.75) is 45.8 Å². The molecule has 0 aromatic carbocycles. The van der Waals surface area contributed by atoms with E-state index >= 15 is 0 Å². The topological polar surface area (TPSA) is 43.8 Å². The van der Waals surface area contributed by atoms with E-state index in [0.717, 1.165) is 32.5 Å². The van der Waals surface area contributed by atoms with Crippen LogP contribution in [0.3, 0.4) is 0 Å². The number of nitrogens with zero attached hydrogens (tertiary/aromatic N) is 2. The molecule has 122 valence electrons. The average Bonchev–Trinajstić information content (AvgIpc) is 2.77. The number of likely N-dealkylation sites (tertiary alicyclic amines) is 2. The number of aliphatic hydroxyl groups is 1. The highest BCUT2D eigenvalue weighted by Crippen LogP contribution is 2.41. The van der Waals surface area contributed by atoms with Crippen molar-refractivity contribution in [2.75, 3.05) is 26.7 Å². The van der Waals surface area contributed by atoms with Gasteiger partial charge in [-0.15, -0.1) is 11.3 Å². The summed E-state index contributed by atoms with van der Waals surface area (Å²) in [6, 6.07) is 2.29. The van der Waals surface area contributed by atoms with E-state index in [1.54, 1.807) is 4.90 Å². The summed E-state index contributed by atoms with van der Waals surface area (Å²) in [7, 11) is 1.82. The summed E-state index contributed by atoms with van der Waals surface area (Å²) < 4.78 is 0. The van der Waals surface area contributed by atoms with E-state index in [-0.39, 0.29) is 17.4 Å². The number of amides is 1. The smallest absolute Gasteiger partial charge is 0.228 e. The summed E-state index contributed by atoms with van der Waals surface area (Å²) >= 11 is 1.86. The van der Waals surface area contributed by atoms with E-state index in [0.29, 0.717) is 13.0 Å². The van der Waals surface area contributed by atoms with Gasteiger partial charge in [0.05, 0.1) is 11.5 Å². The number of β-amino-alcohol motifs (C(OH)–C–C–N with tert-alkyl or cyclic N) is 1. The molecule has 3 rings (SSSR count). The molecule has 2 saturated heterocycles. The molecule has 1 spiro atoms. The van der Waals surface area contributed by atoms with Crippen molar-refractivity contribution in [3.8, 4) is 0 Å². The largest absolute Gasteiger partial charge is 0.391 e. The number of hydrogen-bond donors (Lipinski definition) is 1. The minimum absolute atomic E-state index is 0.236. The Morgan fingerprint density at radius 1 is 1.36 bits per heavy atom. The number of carbonyl (C=O) groups is 1. The lowest BCUT2D eigenvalue weighted by molar-refractivity contribution is -0.154. The van der Waals surface area contributed by atoms with Crippen LogP contribution < -0.4 is 0 Å². The van der Waals surface area contributed by atoms with Gasteiger partial charge in [0.1, 0.15) is 0 Å². The van der Waals surface area contributed by atoms with Crippen molar-refractivity contribution >= 4 is 17.2 Å². The van der Waals surface area contributed by atoms with Crippen LogP contribution >= 0.6 is 11.3 Å². The van der Waals surface area contributed by atoms with Gasteiger partial charge in [-0.3, -0.25) is 9.69 Å². The van der Waals surface area contributed by atoms with E-state index in [9.17, 15) is 9.90 Å². The molecule has 1 N–H and O–H groups in total. The number of thiophene rings is 1. The first kappa shape index (κ1) is 16.0. The second kappa shape index (κ2) is 5.95. The predicted molar refractivity (Wildman–Crippen MR) is 89.0 cm³/mol. The summed E-state index contributed by atoms with van der Waals surface area (Å²) in [6.07, 6.45) is 2.02. The van der Waals surface area contributed by atoms with E-state index in [1.807, 2.05) is 18.4 Å². The molecule has 1 atom stereocenters. The molecule has 5 heteroatoms. The zero-order valence-corrected chi connectivity index (χ0v) is 14.6. The average molecular weight is 322 g/mol. The third-order valence-electron chi connectivity index (χ3n) is 5.26. The molecule has 4 nitrogen and oxygen atoms in total. The number of hydrogen-bond acceptors (Lipinski definition) is 4. The lowest BCUT2D eigenvalue weighted by atomic mass is 9.71. The summed E-state index contributed by atoms with van der Waals surface area (Å²) in [5.41, 5.74) is 1.10. The standard InChI is InChI=1S/C17H26N2O2S/c1-12-8-14(13(2)22-12)10-19-6-4-17(5-7-19)9-15(20)11-18(3)16(17)21/h8,15,20H,4-7,9-11H2,1-3H3. The Morgan fingerprint density at radius 3 is 2.64 bits per heavy atom. The molecule has 0 aliphatic carbocycles. The van der Waals surface area contributed by atoms with Crippen LogP contribution in [-0.4, -0.2) is 53.6 Å². The van der Waals surface area contributed by atoms with Crippen LogP contribution in [0.25, 0.3) is 0 Å². The molecule has 2 aliphatic heterocycles. The summed E-state index contributed by atoms with van der Waals surface area (Å²) in [5, 5.41) is 10.0. The van der Waals surface area contributed by atoms with Crippen LogP contribution in [-0.2, 0) is 11.3 Å². The molecule has 3 heterocycles. The van der Waals surface area contributed by atoms with Crippen LogP contribution in [0.5, 0.6) is 0 Å². The molecule has 0 bridgehead atoms. The summed E-state index contributed by atoms with van der Waals surface area (Å²) in [4.78, 5) is 19.5. The normalized spacial score (nSPS) is 25.9. The number of aryl methyl sites for hydroxylation is 2. The van der Waals surface area contributed by atoms with Crippen molar-refractivity contribution < 1.29 is 9.90 Å². The van der Waals surface area contributed by atoms with Crippen molar-refractivity contribution in [1.82, 2.24) is 9.80 Å². The van der Waals surface area contributed by atoms with E-state index in [4.69, 9.17) is 0 Å². The highest BCUT2D eigenvalue weighted by Gasteiger charge is 2.47. The third-order valence-corrected chi connectivity index (χ3v) is 6.27. The molecule has 1 amide bonds. The van der Waals surface area contributed by atoms with Gasteiger partial charge >= 0.3 is 0 Å². The molecule has 1 aromatic heterocycles. The van der Waals surface area contributed by atoms with Gasteiger partial charge in [0, 0.05) is 29.9 Å². The number of aliphatic hydroxyl groups excluding tert-OH is 1. The Morgan fingerprint density at radius 2 is 2.05 bits per heavy atom. The van der Waals surface area contributed by atoms with Crippen molar-refractivity contribution in [3.05, 3.63) is 21.4 Å². The maximum Gasteiger partial charge on any atom is 0.228 e. The molecular weight excluding hydrogens is 296 g/mol. The van der Waals surface area contributed by atoms with Gasteiger partial charge in [0.2, 0.25) is 5.91 Å². The first-order chi connectivity index (χ1) is 10.4. The molecule has 2 fully saturated rings. The fourth-order valence-electron chi connectivity index (χ4n) is 4.05. The van der Waals surface area contributed by atoms with Crippen LogP contribution in [0.15, 0.2) is 6.07 Å². The van der Waals surface area contributed by atoms with Crippen molar-refractivity contribution in [1.29, 1.82) is 0 Å². The van der Waals surface area contributed by atoms with Gasteiger partial charge in [-0.25, -0.2) is 0 Å². The van der Waals surface area contributed by atoms with Crippen LogP contribution in [0.1, 0.15) is 34.6 Å². The number of carbonyl (C=O) groups excluding carboxylic acids is 1. The highest BCUT2D eigenvalue weighted by molar-refractivity contribution is 7.12. The second-order valence-electron chi connectivity index (χ2n) is 7.04. The van der Waals surface area contributed by atoms with Gasteiger partial charge in [-0.05, 0) is 57.8 Å². The predicted octanol–water partition coefficient (Wildman–Crippen LogP) is 2.17. The molecule has 1 unspecified atom stereocenters. The molecule has 22 heavy (non-hydrogen) atoms. The van der Waals surface area contributed by atoms with Gasteiger partial charge in [-0.1, -0.05) is 0 Å². The molecule has 1 aromatic rings. The Hall–Kier alpha value is -0.910. The fourth-order valence-corrected chi connectivity index (χ4v) is 4.98. The quantitative estimate of drug-likeness (QED) is 0.907.